The summed E-state index contributed by atoms with van der Waals surface area (Å²) in [5, 5.41) is 12.8. The van der Waals surface area contributed by atoms with E-state index in [0.29, 0.717) is 13.2 Å². The molecule has 276 valence electrons. The summed E-state index contributed by atoms with van der Waals surface area (Å²) in [6, 6.07) is 61.9. The second kappa shape index (κ2) is 15.8. The normalized spacial score (nSPS) is 16.5. The third-order valence-corrected chi connectivity index (χ3v) is 11.1. The number of pyridine rings is 1. The zero-order valence-corrected chi connectivity index (χ0v) is 31.7. The Bertz CT molecular complexity index is 2430. The van der Waals surface area contributed by atoms with Crippen molar-refractivity contribution >= 4 is 21.5 Å². The molecule has 0 spiro atoms. The van der Waals surface area contributed by atoms with E-state index in [4.69, 9.17) is 14.5 Å². The monoisotopic (exact) mass is 731 g/mol. The molecule has 0 fully saturated rings. The fourth-order valence-electron chi connectivity index (χ4n) is 8.18. The van der Waals surface area contributed by atoms with E-state index in [9.17, 15) is 0 Å². The van der Waals surface area contributed by atoms with Crippen molar-refractivity contribution in [3.63, 3.8) is 0 Å². The lowest BCUT2D eigenvalue weighted by atomic mass is 9.87. The van der Waals surface area contributed by atoms with Crippen LogP contribution in [-0.4, -0.2) is 4.98 Å². The lowest BCUT2D eigenvalue weighted by molar-refractivity contribution is 0.285. The van der Waals surface area contributed by atoms with E-state index >= 15 is 0 Å². The predicted molar refractivity (Wildman–Crippen MR) is 227 cm³/mol. The molecule has 1 aliphatic rings. The van der Waals surface area contributed by atoms with Crippen LogP contribution in [0, 0.1) is 0 Å². The average Bonchev–Trinajstić information content (AvgIpc) is 3.26. The highest BCUT2D eigenvalue weighted by atomic mass is 16.5. The van der Waals surface area contributed by atoms with Crippen LogP contribution in [0.5, 0.6) is 11.5 Å². The molecule has 1 aliphatic heterocycles. The van der Waals surface area contributed by atoms with Crippen molar-refractivity contribution in [1.29, 1.82) is 0 Å². The molecule has 4 bridgehead atoms. The first-order valence-electron chi connectivity index (χ1n) is 19.5. The largest absolute Gasteiger partial charge is 0.487 e. The minimum Gasteiger partial charge on any atom is -0.487 e. The van der Waals surface area contributed by atoms with E-state index in [1.807, 2.05) is 18.2 Å². The molecule has 2 N–H and O–H groups in total. The van der Waals surface area contributed by atoms with Crippen LogP contribution in [0.4, 0.5) is 0 Å². The van der Waals surface area contributed by atoms with Gasteiger partial charge in [0.05, 0.1) is 23.5 Å². The molecule has 0 amide bonds. The van der Waals surface area contributed by atoms with Crippen molar-refractivity contribution in [3.05, 3.63) is 221 Å². The standard InChI is InChI=1S/C51H45N3O2/c1-34(36-15-5-3-6-16-36)52-50-40-21-13-22-41(31-40)51(53-35(2)37-17-7-4-8-18-37)49-45-26-12-10-20-39(45)28-30-47(49)56-33-43-24-14-23-42(54-43)32-55-46-29-27-38-19-9-11-25-44(38)48(46)50/h3-31,34-35,50-53H,32-33H2,1-2H3/t34-,35-,50-,51?/m0/s1. The third-order valence-electron chi connectivity index (χ3n) is 11.1. The van der Waals surface area contributed by atoms with Gasteiger partial charge in [-0.3, -0.25) is 15.6 Å². The number of ether oxygens (including phenoxy) is 2. The number of nitrogens with one attached hydrogen (secondary N) is 2. The number of hydrogen-bond acceptors (Lipinski definition) is 5. The Kier molecular flexibility index (Phi) is 10.0. The van der Waals surface area contributed by atoms with Gasteiger partial charge in [-0.25, -0.2) is 0 Å². The summed E-state index contributed by atoms with van der Waals surface area (Å²) in [6.07, 6.45) is 0. The lowest BCUT2D eigenvalue weighted by Gasteiger charge is -2.30. The molecule has 4 atom stereocenters. The molecule has 8 aromatic rings. The fraction of sp³-hybridized carbons (Fsp3) is 0.157. The Hall–Kier alpha value is -6.27. The summed E-state index contributed by atoms with van der Waals surface area (Å²) in [7, 11) is 0. The highest BCUT2D eigenvalue weighted by molar-refractivity contribution is 5.90. The first-order valence-corrected chi connectivity index (χ1v) is 19.5. The van der Waals surface area contributed by atoms with Crippen LogP contribution in [0.15, 0.2) is 176 Å². The molecule has 1 unspecified atom stereocenters. The Morgan fingerprint density at radius 2 is 0.893 bits per heavy atom. The van der Waals surface area contributed by atoms with Crippen LogP contribution in [0.3, 0.4) is 0 Å². The highest BCUT2D eigenvalue weighted by Gasteiger charge is 2.28. The SMILES string of the molecule is C[C@H](NC1c2cccc(c2)[C@H](N[C@@H](C)c2ccccc2)c2c(ccc3ccccc23)OCc2cccc(n2)COc2ccc3ccccc3c21)c1ccccc1. The highest BCUT2D eigenvalue weighted by Crippen LogP contribution is 2.42. The first kappa shape index (κ1) is 35.4. The number of hydrogen-bond donors (Lipinski definition) is 2. The zero-order chi connectivity index (χ0) is 37.8. The lowest BCUT2D eigenvalue weighted by Crippen LogP contribution is -2.28. The summed E-state index contributed by atoms with van der Waals surface area (Å²) in [6.45, 7) is 5.13. The van der Waals surface area contributed by atoms with Gasteiger partial charge in [-0.15, -0.1) is 0 Å². The van der Waals surface area contributed by atoms with Gasteiger partial charge < -0.3 is 9.47 Å². The van der Waals surface area contributed by atoms with Crippen LogP contribution in [-0.2, 0) is 13.2 Å². The van der Waals surface area contributed by atoms with Gasteiger partial charge in [0.2, 0.25) is 0 Å². The minimum absolute atomic E-state index is 0.0331. The van der Waals surface area contributed by atoms with Gasteiger partial charge >= 0.3 is 0 Å². The average molecular weight is 732 g/mol. The van der Waals surface area contributed by atoms with Gasteiger partial charge in [-0.05, 0) is 81.9 Å². The Morgan fingerprint density at radius 3 is 1.38 bits per heavy atom. The van der Waals surface area contributed by atoms with E-state index in [0.717, 1.165) is 66.7 Å². The molecule has 56 heavy (non-hydrogen) atoms. The van der Waals surface area contributed by atoms with Gasteiger partial charge in [-0.2, -0.15) is 0 Å². The summed E-state index contributed by atoms with van der Waals surface area (Å²) in [5.41, 5.74) is 8.60. The Balaban J connectivity index is 1.29. The Morgan fingerprint density at radius 1 is 0.464 bits per heavy atom. The van der Waals surface area contributed by atoms with E-state index in [1.54, 1.807) is 0 Å². The van der Waals surface area contributed by atoms with Crippen molar-refractivity contribution in [2.45, 2.75) is 51.2 Å². The summed E-state index contributed by atoms with van der Waals surface area (Å²) in [4.78, 5) is 5.03. The number of benzene rings is 7. The third kappa shape index (κ3) is 7.27. The molecule has 0 radical (unpaired) electrons. The molecule has 5 nitrogen and oxygen atoms in total. The number of fused-ring (bicyclic) bond motifs is 10. The van der Waals surface area contributed by atoms with Crippen molar-refractivity contribution in [2.75, 3.05) is 0 Å². The van der Waals surface area contributed by atoms with Crippen molar-refractivity contribution < 1.29 is 9.47 Å². The number of rotatable bonds is 6. The van der Waals surface area contributed by atoms with Gasteiger partial charge in [0, 0.05) is 23.2 Å². The number of aromatic nitrogens is 1. The minimum atomic E-state index is -0.228. The Labute approximate surface area is 329 Å². The molecule has 7 aromatic carbocycles. The van der Waals surface area contributed by atoms with E-state index in [-0.39, 0.29) is 24.2 Å². The molecule has 9 rings (SSSR count). The van der Waals surface area contributed by atoms with Gasteiger partial charge in [-0.1, -0.05) is 152 Å². The predicted octanol–water partition coefficient (Wildman–Crippen LogP) is 11.7. The molecular formula is C51H45N3O2. The zero-order valence-electron chi connectivity index (χ0n) is 31.7. The molecule has 1 aromatic heterocycles. The second-order valence-electron chi connectivity index (χ2n) is 14.7. The molecule has 0 saturated carbocycles. The van der Waals surface area contributed by atoms with Crippen LogP contribution >= 0.6 is 0 Å². The van der Waals surface area contributed by atoms with E-state index < -0.39 is 0 Å². The molecule has 0 aliphatic carbocycles. The van der Waals surface area contributed by atoms with Gasteiger partial charge in [0.25, 0.3) is 0 Å². The maximum atomic E-state index is 6.80. The van der Waals surface area contributed by atoms with Gasteiger partial charge in [0.1, 0.15) is 24.7 Å². The maximum absolute atomic E-state index is 6.80. The fourth-order valence-corrected chi connectivity index (χ4v) is 8.18. The number of nitrogens with zero attached hydrogens (tertiary/aromatic N) is 1. The second-order valence-corrected chi connectivity index (χ2v) is 14.7. The van der Waals surface area contributed by atoms with Crippen molar-refractivity contribution in [3.8, 4) is 11.5 Å². The summed E-state index contributed by atoms with van der Waals surface area (Å²) >= 11 is 0. The van der Waals surface area contributed by atoms with Crippen molar-refractivity contribution in [1.82, 2.24) is 15.6 Å². The topological polar surface area (TPSA) is 55.4 Å². The quantitative estimate of drug-likeness (QED) is 0.178. The smallest absolute Gasteiger partial charge is 0.130 e. The van der Waals surface area contributed by atoms with Crippen molar-refractivity contribution in [2.24, 2.45) is 0 Å². The first-order chi connectivity index (χ1) is 27.6. The van der Waals surface area contributed by atoms with Crippen LogP contribution in [0.2, 0.25) is 0 Å². The van der Waals surface area contributed by atoms with Crippen LogP contribution < -0.4 is 20.1 Å². The molecular weight excluding hydrogens is 687 g/mol. The molecule has 0 saturated heterocycles. The van der Waals surface area contributed by atoms with E-state index in [2.05, 4.69) is 182 Å². The summed E-state index contributed by atoms with van der Waals surface area (Å²) < 4.78 is 13.6. The van der Waals surface area contributed by atoms with Gasteiger partial charge in [0.15, 0.2) is 0 Å². The maximum Gasteiger partial charge on any atom is 0.130 e. The van der Waals surface area contributed by atoms with Crippen LogP contribution in [0.25, 0.3) is 21.5 Å². The molecule has 5 heteroatoms. The van der Waals surface area contributed by atoms with E-state index in [1.165, 1.54) is 11.1 Å². The van der Waals surface area contributed by atoms with Crippen LogP contribution in [0.1, 0.15) is 82.8 Å². The summed E-state index contributed by atoms with van der Waals surface area (Å²) in [5.74, 6) is 1.65. The molecule has 2 heterocycles.